The maximum Gasteiger partial charge on any atom is 0.381 e. The summed E-state index contributed by atoms with van der Waals surface area (Å²) in [6.07, 6.45) is -2.80. The standard InChI is InChI=1S/C8H7Cl3F8Si/c1-2-5(12,13)7(16,17)8(18,19)6(14,15)3-4-20(9,10)11/h2H,1,3-4H2. The van der Waals surface area contributed by atoms with Crippen LogP contribution >= 0.6 is 33.2 Å². The Morgan fingerprint density at radius 2 is 1.25 bits per heavy atom. The summed E-state index contributed by atoms with van der Waals surface area (Å²) in [4.78, 5) is 0. The summed E-state index contributed by atoms with van der Waals surface area (Å²) in [6, 6.07) is -4.91. The topological polar surface area (TPSA) is 0 Å². The van der Waals surface area contributed by atoms with Crippen molar-refractivity contribution in [3.05, 3.63) is 12.7 Å². The number of alkyl halides is 8. The van der Waals surface area contributed by atoms with Gasteiger partial charge in [0.15, 0.2) is 0 Å². The van der Waals surface area contributed by atoms with Crippen LogP contribution in [0.25, 0.3) is 0 Å². The minimum Gasteiger partial charge on any atom is -0.200 e. The molecule has 0 saturated heterocycles. The number of halogens is 11. The first-order chi connectivity index (χ1) is 8.52. The molecule has 0 radical (unpaired) electrons. The predicted molar refractivity (Wildman–Crippen MR) is 62.7 cm³/mol. The average Bonchev–Trinajstić information content (AvgIpc) is 2.24. The quantitative estimate of drug-likeness (QED) is 0.225. The van der Waals surface area contributed by atoms with Crippen LogP contribution in [0.2, 0.25) is 6.04 Å². The van der Waals surface area contributed by atoms with E-state index in [2.05, 4.69) is 6.58 Å². The second-order valence-electron chi connectivity index (χ2n) is 3.80. The average molecular weight is 390 g/mol. The molecule has 0 aromatic carbocycles. The van der Waals surface area contributed by atoms with E-state index in [4.69, 9.17) is 33.2 Å². The van der Waals surface area contributed by atoms with Gasteiger partial charge in [-0.2, -0.15) is 35.1 Å². The van der Waals surface area contributed by atoms with Gasteiger partial charge in [-0.05, 0) is 12.1 Å². The van der Waals surface area contributed by atoms with Gasteiger partial charge in [0.1, 0.15) is 0 Å². The van der Waals surface area contributed by atoms with Gasteiger partial charge in [0, 0.05) is 6.42 Å². The molecule has 0 spiro atoms. The van der Waals surface area contributed by atoms with Crippen LogP contribution in [0.15, 0.2) is 12.7 Å². The lowest BCUT2D eigenvalue weighted by molar-refractivity contribution is -0.355. The Labute approximate surface area is 123 Å². The van der Waals surface area contributed by atoms with E-state index in [0.717, 1.165) is 0 Å². The van der Waals surface area contributed by atoms with Crippen LogP contribution in [0.1, 0.15) is 6.42 Å². The first-order valence-electron chi connectivity index (χ1n) is 4.73. The van der Waals surface area contributed by atoms with Crippen molar-refractivity contribution in [3.8, 4) is 0 Å². The second-order valence-corrected chi connectivity index (χ2v) is 13.1. The molecule has 0 heterocycles. The third-order valence-corrected chi connectivity index (χ3v) is 4.77. The summed E-state index contributed by atoms with van der Waals surface area (Å²) in [5, 5.41) is 0. The number of hydrogen-bond acceptors (Lipinski definition) is 0. The summed E-state index contributed by atoms with van der Waals surface area (Å²) in [6.45, 7) is 2.21. The van der Waals surface area contributed by atoms with Gasteiger partial charge in [-0.3, -0.25) is 0 Å². The van der Waals surface area contributed by atoms with Crippen LogP contribution in [0, 0.1) is 0 Å². The Morgan fingerprint density at radius 3 is 1.55 bits per heavy atom. The van der Waals surface area contributed by atoms with E-state index in [9.17, 15) is 35.1 Å². The maximum absolute atomic E-state index is 13.1. The second kappa shape index (κ2) is 5.81. The molecule has 0 rings (SSSR count). The Bertz CT molecular complexity index is 365. The molecule has 0 fully saturated rings. The van der Waals surface area contributed by atoms with Crippen LogP contribution in [0.4, 0.5) is 35.1 Å². The lowest BCUT2D eigenvalue weighted by Crippen LogP contribution is -2.61. The lowest BCUT2D eigenvalue weighted by Gasteiger charge is -2.36. The highest BCUT2D eigenvalue weighted by Gasteiger charge is 2.79. The molecule has 120 valence electrons. The Hall–Kier alpha value is 0.267. The van der Waals surface area contributed by atoms with Gasteiger partial charge in [0.25, 0.3) is 0 Å². The summed E-state index contributed by atoms with van der Waals surface area (Å²) in [5.41, 5.74) is 0. The number of allylic oxidation sites excluding steroid dienone is 1. The van der Waals surface area contributed by atoms with Gasteiger partial charge in [-0.1, -0.05) is 6.58 Å². The number of rotatable bonds is 7. The van der Waals surface area contributed by atoms with E-state index >= 15 is 0 Å². The Morgan fingerprint density at radius 1 is 0.850 bits per heavy atom. The van der Waals surface area contributed by atoms with E-state index in [1.54, 1.807) is 0 Å². The fourth-order valence-corrected chi connectivity index (χ4v) is 2.47. The third kappa shape index (κ3) is 3.92. The number of hydrogen-bond donors (Lipinski definition) is 0. The van der Waals surface area contributed by atoms with Gasteiger partial charge in [-0.25, -0.2) is 0 Å². The minimum absolute atomic E-state index is 0.833. The molecule has 0 amide bonds. The van der Waals surface area contributed by atoms with Gasteiger partial charge < -0.3 is 0 Å². The molecule has 0 aromatic heterocycles. The molecule has 0 nitrogen and oxygen atoms in total. The summed E-state index contributed by atoms with van der Waals surface area (Å²) in [7, 11) is 0. The van der Waals surface area contributed by atoms with Gasteiger partial charge in [-0.15, -0.1) is 33.2 Å². The van der Waals surface area contributed by atoms with Crippen molar-refractivity contribution >= 4 is 39.2 Å². The van der Waals surface area contributed by atoms with E-state index < -0.39 is 48.2 Å². The highest BCUT2D eigenvalue weighted by molar-refractivity contribution is 7.64. The van der Waals surface area contributed by atoms with E-state index in [0.29, 0.717) is 0 Å². The molecular formula is C8H7Cl3F8Si. The SMILES string of the molecule is C=CC(F)(F)C(F)(F)C(F)(F)C(F)(F)CC[Si](Cl)(Cl)Cl. The van der Waals surface area contributed by atoms with Gasteiger partial charge >= 0.3 is 29.7 Å². The molecule has 0 atom stereocenters. The zero-order valence-electron chi connectivity index (χ0n) is 9.36. The maximum atomic E-state index is 13.1. The van der Waals surface area contributed by atoms with Crippen molar-refractivity contribution in [2.75, 3.05) is 0 Å². The molecule has 0 unspecified atom stereocenters. The van der Waals surface area contributed by atoms with Crippen LogP contribution in [-0.4, -0.2) is 29.7 Å². The summed E-state index contributed by atoms with van der Waals surface area (Å²) >= 11 is 15.5. The highest BCUT2D eigenvalue weighted by Crippen LogP contribution is 2.54. The Kier molecular flexibility index (Phi) is 5.89. The van der Waals surface area contributed by atoms with Crippen LogP contribution in [-0.2, 0) is 0 Å². The smallest absolute Gasteiger partial charge is 0.200 e. The van der Waals surface area contributed by atoms with Crippen molar-refractivity contribution in [2.24, 2.45) is 0 Å². The fourth-order valence-electron chi connectivity index (χ4n) is 1.02. The van der Waals surface area contributed by atoms with Crippen molar-refractivity contribution in [3.63, 3.8) is 0 Å². The van der Waals surface area contributed by atoms with Crippen LogP contribution in [0.3, 0.4) is 0 Å². The first kappa shape index (κ1) is 20.3. The first-order valence-corrected chi connectivity index (χ1v) is 9.98. The molecule has 0 bridgehead atoms. The molecule has 0 aliphatic rings. The molecule has 20 heavy (non-hydrogen) atoms. The minimum atomic E-state index is -6.35. The fraction of sp³-hybridized carbons (Fsp3) is 0.750. The third-order valence-electron chi connectivity index (χ3n) is 2.25. The molecule has 0 N–H and O–H groups in total. The summed E-state index contributed by atoms with van der Waals surface area (Å²) in [5.74, 6) is -23.7. The van der Waals surface area contributed by atoms with Gasteiger partial charge in [0.2, 0.25) is 0 Å². The lowest BCUT2D eigenvalue weighted by atomic mass is 9.97. The van der Waals surface area contributed by atoms with Crippen LogP contribution in [0.5, 0.6) is 0 Å². The Balaban J connectivity index is 5.44. The highest BCUT2D eigenvalue weighted by atomic mass is 35.8. The molecular weight excluding hydrogens is 383 g/mol. The molecule has 12 heteroatoms. The van der Waals surface area contributed by atoms with Crippen molar-refractivity contribution in [1.29, 1.82) is 0 Å². The van der Waals surface area contributed by atoms with E-state index in [1.165, 1.54) is 0 Å². The van der Waals surface area contributed by atoms with Crippen molar-refractivity contribution < 1.29 is 35.1 Å². The van der Waals surface area contributed by atoms with E-state index in [-0.39, 0.29) is 0 Å². The predicted octanol–water partition coefficient (Wildman–Crippen LogP) is 5.76. The van der Waals surface area contributed by atoms with Crippen LogP contribution < -0.4 is 0 Å². The van der Waals surface area contributed by atoms with E-state index in [1.807, 2.05) is 0 Å². The van der Waals surface area contributed by atoms with Crippen molar-refractivity contribution in [2.45, 2.75) is 36.2 Å². The van der Waals surface area contributed by atoms with Crippen molar-refractivity contribution in [1.82, 2.24) is 0 Å². The van der Waals surface area contributed by atoms with Gasteiger partial charge in [0.05, 0.1) is 0 Å². The largest absolute Gasteiger partial charge is 0.381 e. The normalized spacial score (nSPS) is 15.3. The molecule has 0 aromatic rings. The monoisotopic (exact) mass is 388 g/mol. The molecule has 0 aliphatic heterocycles. The summed E-state index contributed by atoms with van der Waals surface area (Å²) < 4.78 is 104. The molecule has 0 aliphatic carbocycles. The zero-order chi connectivity index (χ0) is 16.6. The zero-order valence-corrected chi connectivity index (χ0v) is 12.6. The molecule has 0 saturated carbocycles.